The average Bonchev–Trinajstić information content (AvgIpc) is 2.49. The maximum Gasteiger partial charge on any atom is 0.257 e. The van der Waals surface area contributed by atoms with Crippen LogP contribution in [-0.2, 0) is 0 Å². The van der Waals surface area contributed by atoms with Crippen molar-refractivity contribution in [2.45, 2.75) is 20.3 Å². The highest BCUT2D eigenvalue weighted by Crippen LogP contribution is 2.15. The molecule has 0 atom stereocenters. The van der Waals surface area contributed by atoms with Gasteiger partial charge in [-0.1, -0.05) is 25.4 Å². The fourth-order valence-electron chi connectivity index (χ4n) is 1.90. The first-order valence-electron chi connectivity index (χ1n) is 7.30. The summed E-state index contributed by atoms with van der Waals surface area (Å²) in [7, 11) is 0. The fraction of sp³-hybridized carbons (Fsp3) is 0.294. The highest BCUT2D eigenvalue weighted by molar-refractivity contribution is 6.30. The Hall–Kier alpha value is -2.07. The number of carbonyl (C=O) groups is 1. The summed E-state index contributed by atoms with van der Waals surface area (Å²) >= 11 is 5.83. The molecule has 0 aliphatic heterocycles. The number of hydrogen-bond acceptors (Lipinski definition) is 3. The van der Waals surface area contributed by atoms with E-state index in [1.807, 2.05) is 0 Å². The molecule has 2 N–H and O–H groups in total. The summed E-state index contributed by atoms with van der Waals surface area (Å²) in [6, 6.07) is 8.80. The van der Waals surface area contributed by atoms with E-state index in [-0.39, 0.29) is 5.91 Å². The van der Waals surface area contributed by atoms with Crippen LogP contribution in [-0.4, -0.2) is 17.4 Å². The Bertz CT molecular complexity index is 626. The first-order valence-corrected chi connectivity index (χ1v) is 7.68. The van der Waals surface area contributed by atoms with Gasteiger partial charge in [0.25, 0.3) is 5.91 Å². The third-order valence-electron chi connectivity index (χ3n) is 3.15. The predicted molar refractivity (Wildman–Crippen MR) is 91.6 cm³/mol. The van der Waals surface area contributed by atoms with Crippen molar-refractivity contribution in [1.82, 2.24) is 4.98 Å². The van der Waals surface area contributed by atoms with Gasteiger partial charge in [-0.15, -0.1) is 0 Å². The van der Waals surface area contributed by atoms with Crippen LogP contribution < -0.4 is 10.6 Å². The number of anilines is 2. The van der Waals surface area contributed by atoms with Gasteiger partial charge in [0.2, 0.25) is 0 Å². The lowest BCUT2D eigenvalue weighted by atomic mass is 10.1. The lowest BCUT2D eigenvalue weighted by Gasteiger charge is -2.10. The molecule has 0 fully saturated rings. The van der Waals surface area contributed by atoms with Crippen molar-refractivity contribution in [3.8, 4) is 0 Å². The molecule has 1 aromatic carbocycles. The third-order valence-corrected chi connectivity index (χ3v) is 3.41. The molecule has 2 aromatic rings. The Labute approximate surface area is 135 Å². The Morgan fingerprint density at radius 2 is 1.91 bits per heavy atom. The van der Waals surface area contributed by atoms with E-state index in [0.29, 0.717) is 22.2 Å². The van der Waals surface area contributed by atoms with Crippen molar-refractivity contribution in [3.63, 3.8) is 0 Å². The quantitative estimate of drug-likeness (QED) is 0.827. The topological polar surface area (TPSA) is 54.0 Å². The summed E-state index contributed by atoms with van der Waals surface area (Å²) < 4.78 is 0. The van der Waals surface area contributed by atoms with Gasteiger partial charge in [-0.2, -0.15) is 0 Å². The van der Waals surface area contributed by atoms with Crippen LogP contribution in [0.2, 0.25) is 5.02 Å². The molecule has 0 unspecified atom stereocenters. The number of hydrogen-bond donors (Lipinski definition) is 2. The monoisotopic (exact) mass is 317 g/mol. The Balaban J connectivity index is 1.99. The minimum Gasteiger partial charge on any atom is -0.384 e. The molecule has 5 heteroatoms. The zero-order chi connectivity index (χ0) is 15.9. The first kappa shape index (κ1) is 16.3. The molecule has 116 valence electrons. The molecule has 4 nitrogen and oxygen atoms in total. The second-order valence-electron chi connectivity index (χ2n) is 5.53. The number of carbonyl (C=O) groups excluding carboxylic acids is 1. The van der Waals surface area contributed by atoms with Crippen molar-refractivity contribution >= 4 is 28.9 Å². The molecule has 0 aliphatic carbocycles. The molecule has 1 amide bonds. The van der Waals surface area contributed by atoms with E-state index in [0.717, 1.165) is 18.7 Å². The van der Waals surface area contributed by atoms with Crippen molar-refractivity contribution in [3.05, 3.63) is 53.3 Å². The minimum atomic E-state index is -0.192. The summed E-state index contributed by atoms with van der Waals surface area (Å²) in [6.07, 6.45) is 4.35. The molecule has 1 aromatic heterocycles. The van der Waals surface area contributed by atoms with E-state index in [1.54, 1.807) is 42.7 Å². The van der Waals surface area contributed by atoms with Gasteiger partial charge in [0.1, 0.15) is 0 Å². The third kappa shape index (κ3) is 5.04. The largest absolute Gasteiger partial charge is 0.384 e. The summed E-state index contributed by atoms with van der Waals surface area (Å²) in [6.45, 7) is 5.22. The van der Waals surface area contributed by atoms with Crippen LogP contribution in [0.15, 0.2) is 42.7 Å². The van der Waals surface area contributed by atoms with Crippen LogP contribution in [0.4, 0.5) is 11.4 Å². The lowest BCUT2D eigenvalue weighted by Crippen LogP contribution is -2.13. The van der Waals surface area contributed by atoms with Crippen molar-refractivity contribution < 1.29 is 4.79 Å². The smallest absolute Gasteiger partial charge is 0.257 e. The molecule has 22 heavy (non-hydrogen) atoms. The van der Waals surface area contributed by atoms with Gasteiger partial charge in [0.05, 0.1) is 11.3 Å². The van der Waals surface area contributed by atoms with Crippen LogP contribution in [0.1, 0.15) is 30.6 Å². The summed E-state index contributed by atoms with van der Waals surface area (Å²) in [5.41, 5.74) is 2.07. The van der Waals surface area contributed by atoms with E-state index in [9.17, 15) is 4.79 Å². The normalized spacial score (nSPS) is 10.5. The number of rotatable bonds is 6. The predicted octanol–water partition coefficient (Wildman–Crippen LogP) is 4.45. The number of amides is 1. The molecule has 0 saturated carbocycles. The Morgan fingerprint density at radius 1 is 1.18 bits per heavy atom. The average molecular weight is 318 g/mol. The second-order valence-corrected chi connectivity index (χ2v) is 5.97. The zero-order valence-corrected chi connectivity index (χ0v) is 13.5. The number of aromatic nitrogens is 1. The van der Waals surface area contributed by atoms with Gasteiger partial charge in [-0.25, -0.2) is 0 Å². The number of pyridine rings is 1. The maximum atomic E-state index is 12.2. The van der Waals surface area contributed by atoms with Crippen LogP contribution >= 0.6 is 11.6 Å². The number of nitrogens with zero attached hydrogens (tertiary/aromatic N) is 1. The van der Waals surface area contributed by atoms with E-state index >= 15 is 0 Å². The molecule has 0 aliphatic rings. The summed E-state index contributed by atoms with van der Waals surface area (Å²) in [5.74, 6) is 0.444. The maximum absolute atomic E-state index is 12.2. The highest BCUT2D eigenvalue weighted by atomic mass is 35.5. The van der Waals surface area contributed by atoms with Gasteiger partial charge in [-0.05, 0) is 42.7 Å². The molecule has 0 bridgehead atoms. The van der Waals surface area contributed by atoms with Crippen LogP contribution in [0, 0.1) is 5.92 Å². The van der Waals surface area contributed by atoms with Crippen LogP contribution in [0.5, 0.6) is 0 Å². The first-order chi connectivity index (χ1) is 10.5. The molecule has 1 heterocycles. The summed E-state index contributed by atoms with van der Waals surface area (Å²) in [5, 5.41) is 6.74. The van der Waals surface area contributed by atoms with E-state index < -0.39 is 0 Å². The zero-order valence-electron chi connectivity index (χ0n) is 12.8. The van der Waals surface area contributed by atoms with Crippen molar-refractivity contribution in [2.75, 3.05) is 17.2 Å². The number of nitrogens with one attached hydrogen (secondary N) is 2. The Kier molecular flexibility index (Phi) is 5.78. The van der Waals surface area contributed by atoms with Gasteiger partial charge in [-0.3, -0.25) is 9.78 Å². The molecule has 0 saturated heterocycles. The highest BCUT2D eigenvalue weighted by Gasteiger charge is 2.07. The van der Waals surface area contributed by atoms with E-state index in [2.05, 4.69) is 29.5 Å². The number of benzene rings is 1. The molecule has 0 spiro atoms. The lowest BCUT2D eigenvalue weighted by molar-refractivity contribution is 0.102. The molecule has 2 rings (SSSR count). The van der Waals surface area contributed by atoms with E-state index in [1.165, 1.54) is 0 Å². The Morgan fingerprint density at radius 3 is 2.59 bits per heavy atom. The van der Waals surface area contributed by atoms with E-state index in [4.69, 9.17) is 11.6 Å². The molecular weight excluding hydrogens is 298 g/mol. The van der Waals surface area contributed by atoms with Crippen LogP contribution in [0.3, 0.4) is 0 Å². The van der Waals surface area contributed by atoms with Gasteiger partial charge < -0.3 is 10.6 Å². The van der Waals surface area contributed by atoms with Gasteiger partial charge in [0.15, 0.2) is 0 Å². The number of halogens is 1. The molecular formula is C17H20ClN3O. The second kappa shape index (κ2) is 7.80. The summed E-state index contributed by atoms with van der Waals surface area (Å²) in [4.78, 5) is 16.3. The van der Waals surface area contributed by atoms with Gasteiger partial charge >= 0.3 is 0 Å². The minimum absolute atomic E-state index is 0.192. The molecule has 0 radical (unpaired) electrons. The van der Waals surface area contributed by atoms with Gasteiger partial charge in [0, 0.05) is 29.6 Å². The fourth-order valence-corrected chi connectivity index (χ4v) is 2.03. The standard InChI is InChI=1S/C17H20ClN3O/c1-12(2)7-8-20-16-9-13(10-19-11-16)17(22)21-15-5-3-14(18)4-6-15/h3-6,9-12,20H,7-8H2,1-2H3,(H,21,22). The van der Waals surface area contributed by atoms with Crippen LogP contribution in [0.25, 0.3) is 0 Å². The van der Waals surface area contributed by atoms with Crippen molar-refractivity contribution in [1.29, 1.82) is 0 Å². The SMILES string of the molecule is CC(C)CCNc1cncc(C(=O)Nc2ccc(Cl)cc2)c1. The van der Waals surface area contributed by atoms with Crippen molar-refractivity contribution in [2.24, 2.45) is 5.92 Å².